The Kier molecular flexibility index (Phi) is 6.51. The molecule has 1 aromatic carbocycles. The predicted molar refractivity (Wildman–Crippen MR) is 116 cm³/mol. The van der Waals surface area contributed by atoms with Crippen molar-refractivity contribution in [1.29, 1.82) is 0 Å². The first-order chi connectivity index (χ1) is 14.4. The van der Waals surface area contributed by atoms with Crippen LogP contribution in [-0.2, 0) is 9.53 Å². The number of carbonyl (C=O) groups is 2. The molecule has 1 amide bonds. The maximum Gasteiger partial charge on any atom is 0.348 e. The molecule has 0 aliphatic heterocycles. The molecule has 0 bridgehead atoms. The molecule has 0 fully saturated rings. The third kappa shape index (κ3) is 3.93. The highest BCUT2D eigenvalue weighted by atomic mass is 32.1. The lowest BCUT2D eigenvalue weighted by Crippen LogP contribution is -2.33. The molecule has 1 N–H and O–H groups in total. The highest BCUT2D eigenvalue weighted by molar-refractivity contribution is 7.20. The third-order valence-electron chi connectivity index (χ3n) is 4.73. The van der Waals surface area contributed by atoms with E-state index in [-0.39, 0.29) is 18.1 Å². The van der Waals surface area contributed by atoms with E-state index in [1.54, 1.807) is 38.1 Å². The lowest BCUT2D eigenvalue weighted by atomic mass is 10.1. The van der Waals surface area contributed by atoms with E-state index < -0.39 is 12.0 Å². The minimum atomic E-state index is -0.773. The molecule has 9 heteroatoms. The molecule has 0 aliphatic carbocycles. The first-order valence-electron chi connectivity index (χ1n) is 9.54. The normalized spacial score (nSPS) is 11.9. The first kappa shape index (κ1) is 21.5. The number of fused-ring (bicyclic) bond motifs is 1. The second-order valence-corrected chi connectivity index (χ2v) is 7.53. The number of amides is 1. The van der Waals surface area contributed by atoms with Crippen LogP contribution in [0.15, 0.2) is 35.4 Å². The Morgan fingerprint density at radius 3 is 2.67 bits per heavy atom. The average Bonchev–Trinajstić information content (AvgIpc) is 3.08. The minimum Gasteiger partial charge on any atom is -0.495 e. The summed E-state index contributed by atoms with van der Waals surface area (Å²) in [6.45, 7) is 5.46. The summed E-state index contributed by atoms with van der Waals surface area (Å²) in [5.74, 6) is -0.317. The van der Waals surface area contributed by atoms with Gasteiger partial charge in [-0.2, -0.15) is 0 Å². The number of hydrogen-bond donors (Lipinski definition) is 1. The van der Waals surface area contributed by atoms with E-state index in [4.69, 9.17) is 9.47 Å². The zero-order valence-electron chi connectivity index (χ0n) is 17.2. The number of hydrogen-bond acceptors (Lipinski definition) is 7. The van der Waals surface area contributed by atoms with Crippen LogP contribution < -0.4 is 15.6 Å². The molecule has 1 unspecified atom stereocenters. The molecular formula is C21H23N3O5S. The van der Waals surface area contributed by atoms with Gasteiger partial charge in [0.1, 0.15) is 21.5 Å². The average molecular weight is 429 g/mol. The number of ether oxygens (including phenoxy) is 2. The van der Waals surface area contributed by atoms with Gasteiger partial charge in [-0.1, -0.05) is 19.1 Å². The van der Waals surface area contributed by atoms with Crippen molar-refractivity contribution in [2.24, 2.45) is 0 Å². The summed E-state index contributed by atoms with van der Waals surface area (Å²) in [6.07, 6.45) is 1.73. The van der Waals surface area contributed by atoms with Gasteiger partial charge in [-0.25, -0.2) is 9.78 Å². The zero-order chi connectivity index (χ0) is 21.8. The Morgan fingerprint density at radius 1 is 1.27 bits per heavy atom. The summed E-state index contributed by atoms with van der Waals surface area (Å²) in [5, 5.41) is 3.15. The maximum absolute atomic E-state index is 13.2. The summed E-state index contributed by atoms with van der Waals surface area (Å²) in [6, 6.07) is 6.27. The van der Waals surface area contributed by atoms with Gasteiger partial charge in [-0.3, -0.25) is 14.2 Å². The van der Waals surface area contributed by atoms with Crippen LogP contribution in [0.2, 0.25) is 0 Å². The van der Waals surface area contributed by atoms with Crippen LogP contribution in [0.25, 0.3) is 10.2 Å². The number of nitrogens with one attached hydrogen (secondary N) is 1. The summed E-state index contributed by atoms with van der Waals surface area (Å²) < 4.78 is 11.6. The Balaban J connectivity index is 2.00. The monoisotopic (exact) mass is 429 g/mol. The number of para-hydroxylation sites is 2. The van der Waals surface area contributed by atoms with Gasteiger partial charge in [0.05, 0.1) is 31.1 Å². The van der Waals surface area contributed by atoms with Crippen LogP contribution in [0.3, 0.4) is 0 Å². The standard InChI is InChI=1S/C21H23N3O5S/c1-5-14(18(25)23-13-9-7-8-10-15(13)28-4)24-11-22-19-16(20(24)26)12(3)17(30-19)21(27)29-6-2/h7-11,14H,5-6H2,1-4H3,(H,23,25). The van der Waals surface area contributed by atoms with Crippen LogP contribution in [-0.4, -0.2) is 35.1 Å². The summed E-state index contributed by atoms with van der Waals surface area (Å²) in [7, 11) is 1.52. The van der Waals surface area contributed by atoms with E-state index in [0.29, 0.717) is 38.5 Å². The number of rotatable bonds is 7. The number of anilines is 1. The van der Waals surface area contributed by atoms with Gasteiger partial charge in [-0.15, -0.1) is 11.3 Å². The van der Waals surface area contributed by atoms with Crippen molar-refractivity contribution in [3.8, 4) is 5.75 Å². The minimum absolute atomic E-state index is 0.241. The predicted octanol–water partition coefficient (Wildman–Crippen LogP) is 3.54. The number of benzene rings is 1. The van der Waals surface area contributed by atoms with Crippen LogP contribution in [0.4, 0.5) is 5.69 Å². The fourth-order valence-corrected chi connectivity index (χ4v) is 4.26. The highest BCUT2D eigenvalue weighted by Gasteiger charge is 2.25. The van der Waals surface area contributed by atoms with Crippen molar-refractivity contribution in [1.82, 2.24) is 9.55 Å². The van der Waals surface area contributed by atoms with Crippen LogP contribution in [0.1, 0.15) is 41.5 Å². The second-order valence-electron chi connectivity index (χ2n) is 6.53. The number of methoxy groups -OCH3 is 1. The molecule has 3 aromatic rings. The van der Waals surface area contributed by atoms with Crippen molar-refractivity contribution in [3.63, 3.8) is 0 Å². The SMILES string of the molecule is CCOC(=O)c1sc2ncn(C(CC)C(=O)Nc3ccccc3OC)c(=O)c2c1C. The van der Waals surface area contributed by atoms with Crippen molar-refractivity contribution >= 4 is 39.1 Å². The molecule has 2 heterocycles. The highest BCUT2D eigenvalue weighted by Crippen LogP contribution is 2.29. The van der Waals surface area contributed by atoms with Gasteiger partial charge in [0.25, 0.3) is 5.56 Å². The molecule has 0 radical (unpaired) electrons. The summed E-state index contributed by atoms with van der Waals surface area (Å²) >= 11 is 1.11. The molecule has 2 aromatic heterocycles. The summed E-state index contributed by atoms with van der Waals surface area (Å²) in [5.41, 5.74) is 0.661. The van der Waals surface area contributed by atoms with Gasteiger partial charge in [0.2, 0.25) is 5.91 Å². The van der Waals surface area contributed by atoms with Crippen LogP contribution in [0.5, 0.6) is 5.75 Å². The first-order valence-corrected chi connectivity index (χ1v) is 10.4. The van der Waals surface area contributed by atoms with Crippen molar-refractivity contribution in [2.45, 2.75) is 33.2 Å². The van der Waals surface area contributed by atoms with Gasteiger partial charge >= 0.3 is 5.97 Å². The van der Waals surface area contributed by atoms with Crippen LogP contribution >= 0.6 is 11.3 Å². The fourth-order valence-electron chi connectivity index (χ4n) is 3.22. The number of nitrogens with zero attached hydrogens (tertiary/aromatic N) is 2. The smallest absolute Gasteiger partial charge is 0.348 e. The fraction of sp³-hybridized carbons (Fsp3) is 0.333. The van der Waals surface area contributed by atoms with Gasteiger partial charge in [0.15, 0.2) is 0 Å². The molecule has 0 aliphatic rings. The number of aryl methyl sites for hydroxylation is 1. The topological polar surface area (TPSA) is 99.5 Å². The van der Waals surface area contributed by atoms with Gasteiger partial charge < -0.3 is 14.8 Å². The number of thiophene rings is 1. The van der Waals surface area contributed by atoms with E-state index in [0.717, 1.165) is 11.3 Å². The molecule has 158 valence electrons. The van der Waals surface area contributed by atoms with Gasteiger partial charge in [0, 0.05) is 0 Å². The van der Waals surface area contributed by atoms with Crippen molar-refractivity contribution < 1.29 is 19.1 Å². The number of aromatic nitrogens is 2. The molecule has 0 spiro atoms. The quantitative estimate of drug-likeness (QED) is 0.577. The largest absolute Gasteiger partial charge is 0.495 e. The lowest BCUT2D eigenvalue weighted by molar-refractivity contribution is -0.119. The Labute approximate surface area is 177 Å². The zero-order valence-corrected chi connectivity index (χ0v) is 18.0. The van der Waals surface area contributed by atoms with E-state index >= 15 is 0 Å². The molecule has 8 nitrogen and oxygen atoms in total. The van der Waals surface area contributed by atoms with Crippen LogP contribution in [0, 0.1) is 6.92 Å². The van der Waals surface area contributed by atoms with E-state index in [2.05, 4.69) is 10.3 Å². The molecule has 0 saturated heterocycles. The molecule has 30 heavy (non-hydrogen) atoms. The molecule has 1 atom stereocenters. The number of carbonyl (C=O) groups excluding carboxylic acids is 2. The van der Waals surface area contributed by atoms with Gasteiger partial charge in [-0.05, 0) is 38.0 Å². The Bertz CT molecular complexity index is 1150. The maximum atomic E-state index is 13.2. The Morgan fingerprint density at radius 2 is 2.00 bits per heavy atom. The van der Waals surface area contributed by atoms with E-state index in [1.807, 2.05) is 6.92 Å². The molecule has 3 rings (SSSR count). The van der Waals surface area contributed by atoms with Crippen molar-refractivity contribution in [2.75, 3.05) is 19.0 Å². The molecular weight excluding hydrogens is 406 g/mol. The van der Waals surface area contributed by atoms with E-state index in [9.17, 15) is 14.4 Å². The summed E-state index contributed by atoms with van der Waals surface area (Å²) in [4.78, 5) is 43.4. The Hall–Kier alpha value is -3.20. The molecule has 0 saturated carbocycles. The third-order valence-corrected chi connectivity index (χ3v) is 5.91. The van der Waals surface area contributed by atoms with Crippen molar-refractivity contribution in [3.05, 3.63) is 51.4 Å². The second kappa shape index (κ2) is 9.08. The number of esters is 1. The lowest BCUT2D eigenvalue weighted by Gasteiger charge is -2.18. The van der Waals surface area contributed by atoms with E-state index in [1.165, 1.54) is 18.0 Å².